The molecule has 21 heavy (non-hydrogen) atoms. The van der Waals surface area contributed by atoms with E-state index in [-0.39, 0.29) is 0 Å². The lowest BCUT2D eigenvalue weighted by Gasteiger charge is -2.38. The van der Waals surface area contributed by atoms with Crippen LogP contribution in [0.5, 0.6) is 0 Å². The summed E-state index contributed by atoms with van der Waals surface area (Å²) in [5.41, 5.74) is 2.97. The highest BCUT2D eigenvalue weighted by Gasteiger charge is 2.37. The monoisotopic (exact) mass is 290 g/mol. The molecule has 1 aliphatic rings. The molecule has 1 aromatic carbocycles. The molecule has 0 spiro atoms. The van der Waals surface area contributed by atoms with Crippen molar-refractivity contribution in [1.29, 1.82) is 0 Å². The van der Waals surface area contributed by atoms with Gasteiger partial charge in [0.2, 0.25) is 0 Å². The average Bonchev–Trinajstić information content (AvgIpc) is 2.89. The summed E-state index contributed by atoms with van der Waals surface area (Å²) in [5.74, 6) is 0. The molecule has 3 nitrogen and oxygen atoms in total. The quantitative estimate of drug-likeness (QED) is 0.796. The first-order chi connectivity index (χ1) is 10.3. The van der Waals surface area contributed by atoms with Crippen molar-refractivity contribution < 1.29 is 4.74 Å². The van der Waals surface area contributed by atoms with E-state index >= 15 is 0 Å². The number of hydrogen-bond acceptors (Lipinski definition) is 3. The van der Waals surface area contributed by atoms with Crippen molar-refractivity contribution in [2.45, 2.75) is 51.2 Å². The molecule has 1 N–H and O–H groups in total. The van der Waals surface area contributed by atoms with Crippen LogP contribution >= 0.6 is 0 Å². The van der Waals surface area contributed by atoms with Crippen molar-refractivity contribution in [1.82, 2.24) is 10.2 Å². The van der Waals surface area contributed by atoms with Gasteiger partial charge in [-0.1, -0.05) is 38.1 Å². The molecule has 0 aliphatic heterocycles. The molecule has 118 valence electrons. The molecular formula is C18H30N2O. The van der Waals surface area contributed by atoms with Crippen LogP contribution in [0.3, 0.4) is 0 Å². The van der Waals surface area contributed by atoms with Crippen molar-refractivity contribution in [2.24, 2.45) is 0 Å². The molecule has 0 heterocycles. The molecule has 1 aromatic rings. The maximum atomic E-state index is 5.35. The molecule has 2 rings (SSSR count). The Kier molecular flexibility index (Phi) is 6.22. The highest BCUT2D eigenvalue weighted by Crippen LogP contribution is 2.35. The zero-order valence-corrected chi connectivity index (χ0v) is 13.9. The molecular weight excluding hydrogens is 260 g/mol. The van der Waals surface area contributed by atoms with Gasteiger partial charge in [0.15, 0.2) is 0 Å². The van der Waals surface area contributed by atoms with Gasteiger partial charge in [0, 0.05) is 31.8 Å². The molecule has 2 atom stereocenters. The van der Waals surface area contributed by atoms with Crippen molar-refractivity contribution in [3.8, 4) is 0 Å². The van der Waals surface area contributed by atoms with Gasteiger partial charge in [-0.3, -0.25) is 4.90 Å². The minimum Gasteiger partial charge on any atom is -0.383 e. The second kappa shape index (κ2) is 7.92. The van der Waals surface area contributed by atoms with Gasteiger partial charge in [0.05, 0.1) is 6.61 Å². The summed E-state index contributed by atoms with van der Waals surface area (Å²) in [4.78, 5) is 2.67. The number of hydrogen-bond donors (Lipinski definition) is 1. The van der Waals surface area contributed by atoms with Crippen molar-refractivity contribution in [3.05, 3.63) is 35.4 Å². The number of fused-ring (bicyclic) bond motifs is 1. The van der Waals surface area contributed by atoms with E-state index in [2.05, 4.69) is 55.4 Å². The summed E-state index contributed by atoms with van der Waals surface area (Å²) in [6.45, 7) is 6.41. The fourth-order valence-electron chi connectivity index (χ4n) is 3.80. The smallest absolute Gasteiger partial charge is 0.0589 e. The summed E-state index contributed by atoms with van der Waals surface area (Å²) < 4.78 is 5.35. The number of nitrogens with zero attached hydrogens (tertiary/aromatic N) is 1. The van der Waals surface area contributed by atoms with Gasteiger partial charge in [-0.2, -0.15) is 0 Å². The number of nitrogens with one attached hydrogen (secondary N) is 1. The Labute approximate surface area is 129 Å². The first kappa shape index (κ1) is 16.5. The Bertz CT molecular complexity index is 431. The Morgan fingerprint density at radius 2 is 2.00 bits per heavy atom. The predicted octanol–water partition coefficient (Wildman–Crippen LogP) is 3.01. The van der Waals surface area contributed by atoms with Crippen LogP contribution < -0.4 is 5.32 Å². The van der Waals surface area contributed by atoms with Crippen LogP contribution in [-0.2, 0) is 11.2 Å². The molecule has 1 aliphatic carbocycles. The summed E-state index contributed by atoms with van der Waals surface area (Å²) >= 11 is 0. The normalized spacial score (nSPS) is 21.2. The topological polar surface area (TPSA) is 24.5 Å². The first-order valence-electron chi connectivity index (χ1n) is 8.26. The zero-order chi connectivity index (χ0) is 15.2. The van der Waals surface area contributed by atoms with Crippen LogP contribution in [-0.4, -0.2) is 44.3 Å². The van der Waals surface area contributed by atoms with E-state index in [9.17, 15) is 0 Å². The minimum atomic E-state index is 0.429. The number of likely N-dealkylation sites (N-methyl/N-ethyl adjacent to an activating group) is 1. The lowest BCUT2D eigenvalue weighted by molar-refractivity contribution is 0.0685. The molecule has 0 radical (unpaired) electrons. The standard InChI is InChI=1S/C18H30N2O/c1-5-15(6-2)20(11-12-21-4)17-13-14-9-7-8-10-16(14)18(17)19-3/h7-10,15,17-19H,5-6,11-13H2,1-4H3. The fraction of sp³-hybridized carbons (Fsp3) is 0.667. The summed E-state index contributed by atoms with van der Waals surface area (Å²) in [6.07, 6.45) is 3.54. The minimum absolute atomic E-state index is 0.429. The molecule has 0 amide bonds. The van der Waals surface area contributed by atoms with E-state index in [1.54, 1.807) is 7.11 Å². The highest BCUT2D eigenvalue weighted by molar-refractivity contribution is 5.37. The summed E-state index contributed by atoms with van der Waals surface area (Å²) in [5, 5.41) is 3.55. The Morgan fingerprint density at radius 3 is 2.62 bits per heavy atom. The maximum absolute atomic E-state index is 5.35. The maximum Gasteiger partial charge on any atom is 0.0589 e. The molecule has 0 saturated heterocycles. The van der Waals surface area contributed by atoms with Gasteiger partial charge >= 0.3 is 0 Å². The van der Waals surface area contributed by atoms with Crippen molar-refractivity contribution in [2.75, 3.05) is 27.3 Å². The largest absolute Gasteiger partial charge is 0.383 e. The third kappa shape index (κ3) is 3.47. The average molecular weight is 290 g/mol. The van der Waals surface area contributed by atoms with E-state index in [0.717, 1.165) is 19.6 Å². The Hall–Kier alpha value is -0.900. The predicted molar refractivity (Wildman–Crippen MR) is 88.7 cm³/mol. The zero-order valence-electron chi connectivity index (χ0n) is 13.9. The van der Waals surface area contributed by atoms with E-state index in [1.807, 2.05) is 0 Å². The fourth-order valence-corrected chi connectivity index (χ4v) is 3.80. The SMILES string of the molecule is CCC(CC)N(CCOC)C1Cc2ccccc2C1NC. The molecule has 0 fully saturated rings. The number of benzene rings is 1. The third-order valence-corrected chi connectivity index (χ3v) is 4.91. The van der Waals surface area contributed by atoms with Crippen LogP contribution in [0.4, 0.5) is 0 Å². The van der Waals surface area contributed by atoms with Crippen molar-refractivity contribution >= 4 is 0 Å². The Morgan fingerprint density at radius 1 is 1.29 bits per heavy atom. The number of methoxy groups -OCH3 is 1. The van der Waals surface area contributed by atoms with Gasteiger partial charge in [0.1, 0.15) is 0 Å². The molecule has 0 aromatic heterocycles. The molecule has 0 bridgehead atoms. The highest BCUT2D eigenvalue weighted by atomic mass is 16.5. The van der Waals surface area contributed by atoms with Crippen LogP contribution in [0.25, 0.3) is 0 Å². The van der Waals surface area contributed by atoms with Crippen LogP contribution in [0, 0.1) is 0 Å². The van der Waals surface area contributed by atoms with Gasteiger partial charge in [-0.05, 0) is 37.4 Å². The summed E-state index contributed by atoms with van der Waals surface area (Å²) in [6, 6.07) is 10.5. The molecule has 0 saturated carbocycles. The van der Waals surface area contributed by atoms with E-state index in [1.165, 1.54) is 24.0 Å². The van der Waals surface area contributed by atoms with Gasteiger partial charge in [-0.15, -0.1) is 0 Å². The van der Waals surface area contributed by atoms with Gasteiger partial charge in [0.25, 0.3) is 0 Å². The van der Waals surface area contributed by atoms with Crippen LogP contribution in [0.2, 0.25) is 0 Å². The molecule has 2 unspecified atom stereocenters. The number of rotatable bonds is 8. The summed E-state index contributed by atoms with van der Waals surface area (Å²) in [7, 11) is 3.88. The van der Waals surface area contributed by atoms with Crippen LogP contribution in [0.15, 0.2) is 24.3 Å². The second-order valence-electron chi connectivity index (χ2n) is 5.94. The van der Waals surface area contributed by atoms with Crippen molar-refractivity contribution in [3.63, 3.8) is 0 Å². The molecule has 3 heteroatoms. The Balaban J connectivity index is 2.23. The van der Waals surface area contributed by atoms with Crippen LogP contribution in [0.1, 0.15) is 43.9 Å². The lowest BCUT2D eigenvalue weighted by Crippen LogP contribution is -2.48. The number of ether oxygens (including phenoxy) is 1. The first-order valence-corrected chi connectivity index (χ1v) is 8.26. The lowest BCUT2D eigenvalue weighted by atomic mass is 10.0. The van der Waals surface area contributed by atoms with E-state index < -0.39 is 0 Å². The van der Waals surface area contributed by atoms with Gasteiger partial charge < -0.3 is 10.1 Å². The van der Waals surface area contributed by atoms with Gasteiger partial charge in [-0.25, -0.2) is 0 Å². The van der Waals surface area contributed by atoms with E-state index in [4.69, 9.17) is 4.74 Å². The third-order valence-electron chi connectivity index (χ3n) is 4.91. The van der Waals surface area contributed by atoms with E-state index in [0.29, 0.717) is 18.1 Å². The second-order valence-corrected chi connectivity index (χ2v) is 5.94.